The van der Waals surface area contributed by atoms with E-state index in [1.807, 2.05) is 18.2 Å². The Kier molecular flexibility index (Phi) is 6.67. The highest BCUT2D eigenvalue weighted by molar-refractivity contribution is 7.90. The van der Waals surface area contributed by atoms with Gasteiger partial charge in [-0.1, -0.05) is 48.5 Å². The average Bonchev–Trinajstić information content (AvgIpc) is 2.72. The number of ether oxygens (including phenoxy) is 1. The van der Waals surface area contributed by atoms with Gasteiger partial charge in [0.25, 0.3) is 0 Å². The summed E-state index contributed by atoms with van der Waals surface area (Å²) in [6.07, 6.45) is 1.64. The maximum absolute atomic E-state index is 14.2. The molecular formula is C23H24FNO3S. The average molecular weight is 414 g/mol. The summed E-state index contributed by atoms with van der Waals surface area (Å²) in [6, 6.07) is 18.5. The summed E-state index contributed by atoms with van der Waals surface area (Å²) in [5, 5.41) is 0. The van der Waals surface area contributed by atoms with Crippen molar-refractivity contribution >= 4 is 9.84 Å². The van der Waals surface area contributed by atoms with E-state index in [0.29, 0.717) is 23.2 Å². The maximum atomic E-state index is 14.2. The molecule has 0 saturated carbocycles. The smallest absolute Gasteiger partial charge is 0.186 e. The van der Waals surface area contributed by atoms with Gasteiger partial charge in [0.2, 0.25) is 0 Å². The van der Waals surface area contributed by atoms with E-state index >= 15 is 0 Å². The molecule has 29 heavy (non-hydrogen) atoms. The number of halogens is 1. The van der Waals surface area contributed by atoms with Crippen molar-refractivity contribution in [3.05, 3.63) is 83.7 Å². The zero-order chi connectivity index (χ0) is 20.9. The van der Waals surface area contributed by atoms with E-state index in [9.17, 15) is 12.8 Å². The monoisotopic (exact) mass is 413 g/mol. The Bertz CT molecular complexity index is 1100. The van der Waals surface area contributed by atoms with Crippen molar-refractivity contribution in [2.75, 3.05) is 13.7 Å². The summed E-state index contributed by atoms with van der Waals surface area (Å²) in [5.41, 5.74) is 8.13. The lowest BCUT2D eigenvalue weighted by Crippen LogP contribution is -2.08. The van der Waals surface area contributed by atoms with Crippen LogP contribution in [0.5, 0.6) is 5.75 Å². The fraction of sp³-hybridized carbons (Fsp3) is 0.217. The van der Waals surface area contributed by atoms with Gasteiger partial charge in [-0.3, -0.25) is 0 Å². The highest BCUT2D eigenvalue weighted by Crippen LogP contribution is 2.33. The molecular weight excluding hydrogens is 389 g/mol. The molecule has 2 N–H and O–H groups in total. The Labute approximate surface area is 171 Å². The van der Waals surface area contributed by atoms with Crippen LogP contribution in [0.1, 0.15) is 17.5 Å². The summed E-state index contributed by atoms with van der Waals surface area (Å²) in [5.74, 6) is -0.335. The minimum absolute atomic E-state index is 0.0492. The van der Waals surface area contributed by atoms with Gasteiger partial charge in [0.15, 0.2) is 9.84 Å². The van der Waals surface area contributed by atoms with E-state index in [1.54, 1.807) is 36.4 Å². The van der Waals surface area contributed by atoms with Gasteiger partial charge in [-0.25, -0.2) is 12.8 Å². The van der Waals surface area contributed by atoms with Crippen LogP contribution in [-0.4, -0.2) is 22.1 Å². The van der Waals surface area contributed by atoms with E-state index in [1.165, 1.54) is 19.2 Å². The van der Waals surface area contributed by atoms with E-state index < -0.39 is 15.7 Å². The molecule has 0 aliphatic heterocycles. The van der Waals surface area contributed by atoms with Gasteiger partial charge < -0.3 is 10.5 Å². The van der Waals surface area contributed by atoms with Gasteiger partial charge in [-0.05, 0) is 54.3 Å². The molecule has 0 spiro atoms. The lowest BCUT2D eigenvalue weighted by molar-refractivity contribution is 0.403. The molecule has 0 atom stereocenters. The second-order valence-electron chi connectivity index (χ2n) is 6.82. The van der Waals surface area contributed by atoms with Crippen molar-refractivity contribution in [3.8, 4) is 16.9 Å². The number of hydrogen-bond acceptors (Lipinski definition) is 4. The number of rotatable bonds is 8. The molecule has 6 heteroatoms. The van der Waals surface area contributed by atoms with Crippen LogP contribution in [0.25, 0.3) is 11.1 Å². The first-order valence-electron chi connectivity index (χ1n) is 9.38. The first-order valence-corrected chi connectivity index (χ1v) is 11.0. The van der Waals surface area contributed by atoms with Gasteiger partial charge in [0.1, 0.15) is 16.5 Å². The van der Waals surface area contributed by atoms with E-state index in [4.69, 9.17) is 10.5 Å². The lowest BCUT2D eigenvalue weighted by atomic mass is 10.1. The molecule has 3 aromatic rings. The van der Waals surface area contributed by atoms with E-state index in [2.05, 4.69) is 0 Å². The SMILES string of the molecule is COc1ccc(-c2ccccc2F)cc1S(=O)(=O)Cc1cccc(CCCN)c1. The number of aryl methyl sites for hydroxylation is 1. The summed E-state index contributed by atoms with van der Waals surface area (Å²) >= 11 is 0. The lowest BCUT2D eigenvalue weighted by Gasteiger charge is -2.13. The molecule has 0 unspecified atom stereocenters. The first kappa shape index (κ1) is 21.0. The van der Waals surface area contributed by atoms with Gasteiger partial charge in [0, 0.05) is 5.56 Å². The summed E-state index contributed by atoms with van der Waals surface area (Å²) in [4.78, 5) is 0.0492. The fourth-order valence-corrected chi connectivity index (χ4v) is 4.80. The molecule has 0 radical (unpaired) electrons. The third kappa shape index (κ3) is 5.02. The van der Waals surface area contributed by atoms with Gasteiger partial charge >= 0.3 is 0 Å². The second-order valence-corrected chi connectivity index (χ2v) is 8.77. The topological polar surface area (TPSA) is 69.4 Å². The fourth-order valence-electron chi connectivity index (χ4n) is 3.26. The number of methoxy groups -OCH3 is 1. The Morgan fingerprint density at radius 1 is 0.966 bits per heavy atom. The van der Waals surface area contributed by atoms with Gasteiger partial charge in [0.05, 0.1) is 12.9 Å². The van der Waals surface area contributed by atoms with Crippen LogP contribution in [-0.2, 0) is 22.0 Å². The largest absolute Gasteiger partial charge is 0.495 e. The molecule has 0 amide bonds. The third-order valence-electron chi connectivity index (χ3n) is 4.70. The minimum Gasteiger partial charge on any atom is -0.495 e. The summed E-state index contributed by atoms with van der Waals surface area (Å²) < 4.78 is 45.8. The molecule has 152 valence electrons. The molecule has 4 nitrogen and oxygen atoms in total. The quantitative estimate of drug-likeness (QED) is 0.595. The highest BCUT2D eigenvalue weighted by atomic mass is 32.2. The van der Waals surface area contributed by atoms with Crippen LogP contribution in [0.2, 0.25) is 0 Å². The predicted octanol–water partition coefficient (Wildman–Crippen LogP) is 4.37. The van der Waals surface area contributed by atoms with Crippen molar-refractivity contribution in [1.82, 2.24) is 0 Å². The molecule has 0 bridgehead atoms. The zero-order valence-electron chi connectivity index (χ0n) is 16.3. The van der Waals surface area contributed by atoms with Crippen LogP contribution in [0.3, 0.4) is 0 Å². The van der Waals surface area contributed by atoms with Crippen LogP contribution in [0.15, 0.2) is 71.6 Å². The van der Waals surface area contributed by atoms with Crippen LogP contribution < -0.4 is 10.5 Å². The summed E-state index contributed by atoms with van der Waals surface area (Å²) in [6.45, 7) is 0.586. The molecule has 0 saturated heterocycles. The molecule has 0 aromatic heterocycles. The third-order valence-corrected chi connectivity index (χ3v) is 6.40. The van der Waals surface area contributed by atoms with Crippen LogP contribution in [0, 0.1) is 5.82 Å². The maximum Gasteiger partial charge on any atom is 0.186 e. The molecule has 0 aliphatic rings. The second kappa shape index (κ2) is 9.20. The van der Waals surface area contributed by atoms with Crippen LogP contribution in [0.4, 0.5) is 4.39 Å². The van der Waals surface area contributed by atoms with Gasteiger partial charge in [-0.15, -0.1) is 0 Å². The van der Waals surface area contributed by atoms with Crippen molar-refractivity contribution in [1.29, 1.82) is 0 Å². The molecule has 0 heterocycles. The van der Waals surface area contributed by atoms with Crippen molar-refractivity contribution in [2.45, 2.75) is 23.5 Å². The zero-order valence-corrected chi connectivity index (χ0v) is 17.1. The van der Waals surface area contributed by atoms with E-state index in [0.717, 1.165) is 18.4 Å². The minimum atomic E-state index is -3.71. The normalized spacial score (nSPS) is 11.4. The highest BCUT2D eigenvalue weighted by Gasteiger charge is 2.22. The molecule has 3 aromatic carbocycles. The Balaban J connectivity index is 1.98. The number of hydrogen-bond donors (Lipinski definition) is 1. The van der Waals surface area contributed by atoms with Crippen molar-refractivity contribution in [3.63, 3.8) is 0 Å². The number of sulfone groups is 1. The molecule has 3 rings (SSSR count). The Hall–Kier alpha value is -2.70. The Morgan fingerprint density at radius 3 is 2.45 bits per heavy atom. The first-order chi connectivity index (χ1) is 13.9. The number of benzene rings is 3. The predicted molar refractivity (Wildman–Crippen MR) is 113 cm³/mol. The molecule has 0 aliphatic carbocycles. The van der Waals surface area contributed by atoms with Crippen molar-refractivity contribution < 1.29 is 17.5 Å². The summed E-state index contributed by atoms with van der Waals surface area (Å²) in [7, 11) is -2.29. The molecule has 0 fully saturated rings. The standard InChI is InChI=1S/C23H24FNO3S/c1-28-22-12-11-19(20-9-2-3-10-21(20)24)15-23(22)29(26,27)16-18-7-4-6-17(14-18)8-5-13-25/h2-4,6-7,9-12,14-15H,5,8,13,16,25H2,1H3. The van der Waals surface area contributed by atoms with E-state index in [-0.39, 0.29) is 16.4 Å². The van der Waals surface area contributed by atoms with Crippen molar-refractivity contribution in [2.24, 2.45) is 5.73 Å². The van der Waals surface area contributed by atoms with Crippen LogP contribution >= 0.6 is 0 Å². The Morgan fingerprint density at radius 2 is 1.72 bits per heavy atom. The van der Waals surface area contributed by atoms with Gasteiger partial charge in [-0.2, -0.15) is 0 Å². The number of nitrogens with two attached hydrogens (primary N) is 1.